The van der Waals surface area contributed by atoms with Gasteiger partial charge in [-0.3, -0.25) is 9.78 Å². The molecule has 0 atom stereocenters. The average Bonchev–Trinajstić information content (AvgIpc) is 2.55. The molecule has 124 valence electrons. The van der Waals surface area contributed by atoms with E-state index in [9.17, 15) is 4.79 Å². The van der Waals surface area contributed by atoms with Crippen LogP contribution in [0.3, 0.4) is 0 Å². The molecule has 2 aromatic heterocycles. The monoisotopic (exact) mass is 340 g/mol. The first-order valence-electron chi connectivity index (χ1n) is 7.95. The number of pyridine rings is 2. The Bertz CT molecular complexity index is 850. The zero-order chi connectivity index (χ0) is 17.7. The second-order valence-electron chi connectivity index (χ2n) is 5.65. The highest BCUT2D eigenvalue weighted by Crippen LogP contribution is 2.26. The molecule has 3 nitrogen and oxygen atoms in total. The fraction of sp³-hybridized carbons (Fsp3) is 0.250. The number of rotatable bonds is 6. The molecule has 2 rings (SSSR count). The van der Waals surface area contributed by atoms with Gasteiger partial charge in [0.2, 0.25) is 0 Å². The van der Waals surface area contributed by atoms with E-state index < -0.39 is 0 Å². The number of fused-ring (bicyclic) bond motifs is 1. The molecule has 0 fully saturated rings. The number of hydrogen-bond donors (Lipinski definition) is 0. The van der Waals surface area contributed by atoms with Crippen molar-refractivity contribution >= 4 is 33.9 Å². The third-order valence-corrected chi connectivity index (χ3v) is 3.99. The molecule has 0 aliphatic rings. The largest absolute Gasteiger partial charge is 0.294 e. The standard InChI is InChI=1S/C20H21ClN2O/c1-5-7-19(24)14(4)8-13(3)17(6-2)15-9-16-12-23-20(21)10-18(16)22-11-15/h6,8-12H,4-5,7H2,1-3H3/b13-8-,17-6+. The van der Waals surface area contributed by atoms with Crippen molar-refractivity contribution in [2.24, 2.45) is 0 Å². The average molecular weight is 341 g/mol. The molecule has 0 aromatic carbocycles. The van der Waals surface area contributed by atoms with Crippen molar-refractivity contribution in [2.45, 2.75) is 33.6 Å². The van der Waals surface area contributed by atoms with Crippen LogP contribution in [0.25, 0.3) is 16.5 Å². The lowest BCUT2D eigenvalue weighted by atomic mass is 9.96. The van der Waals surface area contributed by atoms with Gasteiger partial charge in [-0.15, -0.1) is 0 Å². The zero-order valence-electron chi connectivity index (χ0n) is 14.3. The van der Waals surface area contributed by atoms with E-state index in [1.54, 1.807) is 12.3 Å². The van der Waals surface area contributed by atoms with Crippen LogP contribution in [0.4, 0.5) is 0 Å². The first kappa shape index (κ1) is 18.1. The Hall–Kier alpha value is -2.26. The molecule has 0 unspecified atom stereocenters. The van der Waals surface area contributed by atoms with Gasteiger partial charge in [-0.05, 0) is 43.6 Å². The number of Topliss-reactive ketones (excluding diaryl/α,β-unsaturated/α-hetero) is 1. The fourth-order valence-corrected chi connectivity index (χ4v) is 2.73. The molecule has 24 heavy (non-hydrogen) atoms. The molecular weight excluding hydrogens is 320 g/mol. The smallest absolute Gasteiger partial charge is 0.162 e. The number of ketones is 1. The summed E-state index contributed by atoms with van der Waals surface area (Å²) in [6, 6.07) is 3.76. The number of carbonyl (C=O) groups excluding carboxylic acids is 1. The molecule has 0 aliphatic heterocycles. The molecule has 0 amide bonds. The predicted molar refractivity (Wildman–Crippen MR) is 101 cm³/mol. The van der Waals surface area contributed by atoms with Crippen molar-refractivity contribution in [2.75, 3.05) is 0 Å². The van der Waals surface area contributed by atoms with Gasteiger partial charge < -0.3 is 0 Å². The quantitative estimate of drug-likeness (QED) is 0.393. The third-order valence-electron chi connectivity index (χ3n) is 3.78. The van der Waals surface area contributed by atoms with Crippen molar-refractivity contribution in [3.63, 3.8) is 0 Å². The lowest BCUT2D eigenvalue weighted by Gasteiger charge is -2.10. The SMILES string of the molecule is C=C(/C=C(C)\C(=C/C)c1cnc2cc(Cl)ncc2c1)C(=O)CCC. The van der Waals surface area contributed by atoms with Crippen LogP contribution in [-0.2, 0) is 4.79 Å². The number of allylic oxidation sites excluding steroid dienone is 5. The lowest BCUT2D eigenvalue weighted by molar-refractivity contribution is -0.115. The van der Waals surface area contributed by atoms with Crippen LogP contribution in [0.2, 0.25) is 5.15 Å². The fourth-order valence-electron chi connectivity index (χ4n) is 2.57. The molecule has 0 N–H and O–H groups in total. The van der Waals surface area contributed by atoms with Gasteiger partial charge in [-0.2, -0.15) is 0 Å². The zero-order valence-corrected chi connectivity index (χ0v) is 15.0. The van der Waals surface area contributed by atoms with Gasteiger partial charge in [0.05, 0.1) is 5.52 Å². The molecule has 2 aromatic rings. The van der Waals surface area contributed by atoms with E-state index in [0.29, 0.717) is 17.1 Å². The summed E-state index contributed by atoms with van der Waals surface area (Å²) in [5.41, 5.74) is 4.31. The number of hydrogen-bond acceptors (Lipinski definition) is 3. The normalized spacial score (nSPS) is 12.5. The highest BCUT2D eigenvalue weighted by Gasteiger charge is 2.09. The number of halogens is 1. The topological polar surface area (TPSA) is 42.9 Å². The van der Waals surface area contributed by atoms with E-state index >= 15 is 0 Å². The van der Waals surface area contributed by atoms with Crippen molar-refractivity contribution in [1.82, 2.24) is 9.97 Å². The second kappa shape index (κ2) is 8.02. The minimum Gasteiger partial charge on any atom is -0.294 e. The Balaban J connectivity index is 2.36. The van der Waals surface area contributed by atoms with Crippen LogP contribution in [0.15, 0.2) is 54.4 Å². The van der Waals surface area contributed by atoms with Gasteiger partial charge in [0, 0.05) is 41.4 Å². The summed E-state index contributed by atoms with van der Waals surface area (Å²) in [6.45, 7) is 9.82. The molecule has 0 saturated carbocycles. The van der Waals surface area contributed by atoms with E-state index in [0.717, 1.165) is 34.0 Å². The van der Waals surface area contributed by atoms with Crippen LogP contribution in [-0.4, -0.2) is 15.8 Å². The highest BCUT2D eigenvalue weighted by molar-refractivity contribution is 6.30. The van der Waals surface area contributed by atoms with Gasteiger partial charge in [-0.1, -0.05) is 31.2 Å². The van der Waals surface area contributed by atoms with Crippen molar-refractivity contribution in [1.29, 1.82) is 0 Å². The maximum Gasteiger partial charge on any atom is 0.162 e. The summed E-state index contributed by atoms with van der Waals surface area (Å²) in [5.74, 6) is 0.0859. The van der Waals surface area contributed by atoms with E-state index in [1.165, 1.54) is 0 Å². The van der Waals surface area contributed by atoms with Gasteiger partial charge in [-0.25, -0.2) is 4.98 Å². The number of aromatic nitrogens is 2. The summed E-state index contributed by atoms with van der Waals surface area (Å²) in [5, 5.41) is 1.35. The Morgan fingerprint density at radius 2 is 2.04 bits per heavy atom. The van der Waals surface area contributed by atoms with Gasteiger partial charge >= 0.3 is 0 Å². The van der Waals surface area contributed by atoms with Crippen LogP contribution in [0.5, 0.6) is 0 Å². The Labute approximate surface area is 147 Å². The van der Waals surface area contributed by atoms with E-state index in [1.807, 2.05) is 45.2 Å². The Kier molecular flexibility index (Phi) is 6.04. The summed E-state index contributed by atoms with van der Waals surface area (Å²) < 4.78 is 0. The van der Waals surface area contributed by atoms with Crippen LogP contribution >= 0.6 is 11.6 Å². The second-order valence-corrected chi connectivity index (χ2v) is 6.04. The number of carbonyl (C=O) groups is 1. The highest BCUT2D eigenvalue weighted by atomic mass is 35.5. The molecule has 0 bridgehead atoms. The minimum absolute atomic E-state index is 0.0859. The van der Waals surface area contributed by atoms with E-state index in [-0.39, 0.29) is 5.78 Å². The Morgan fingerprint density at radius 1 is 1.29 bits per heavy atom. The lowest BCUT2D eigenvalue weighted by Crippen LogP contribution is -1.99. The minimum atomic E-state index is 0.0859. The molecule has 0 radical (unpaired) electrons. The van der Waals surface area contributed by atoms with Crippen LogP contribution < -0.4 is 0 Å². The van der Waals surface area contributed by atoms with E-state index in [4.69, 9.17) is 11.6 Å². The van der Waals surface area contributed by atoms with E-state index in [2.05, 4.69) is 16.5 Å². The Morgan fingerprint density at radius 3 is 2.71 bits per heavy atom. The summed E-state index contributed by atoms with van der Waals surface area (Å²) in [4.78, 5) is 20.5. The van der Waals surface area contributed by atoms with Gasteiger partial charge in [0.1, 0.15) is 5.15 Å². The molecule has 0 saturated heterocycles. The maximum absolute atomic E-state index is 11.9. The predicted octanol–water partition coefficient (Wildman–Crippen LogP) is 5.56. The molecule has 4 heteroatoms. The summed E-state index contributed by atoms with van der Waals surface area (Å²) >= 11 is 5.90. The van der Waals surface area contributed by atoms with Crippen LogP contribution in [0.1, 0.15) is 39.2 Å². The third kappa shape index (κ3) is 4.18. The maximum atomic E-state index is 11.9. The van der Waals surface area contributed by atoms with Crippen LogP contribution in [0, 0.1) is 0 Å². The number of nitrogens with zero attached hydrogens (tertiary/aromatic N) is 2. The summed E-state index contributed by atoms with van der Waals surface area (Å²) in [7, 11) is 0. The van der Waals surface area contributed by atoms with Crippen molar-refractivity contribution in [3.05, 3.63) is 65.1 Å². The molecule has 0 spiro atoms. The summed E-state index contributed by atoms with van der Waals surface area (Å²) in [6.07, 6.45) is 8.72. The molecular formula is C20H21ClN2O. The van der Waals surface area contributed by atoms with Crippen molar-refractivity contribution in [3.8, 4) is 0 Å². The van der Waals surface area contributed by atoms with Crippen molar-refractivity contribution < 1.29 is 4.79 Å². The van der Waals surface area contributed by atoms with Gasteiger partial charge in [0.25, 0.3) is 0 Å². The molecule has 0 aliphatic carbocycles. The first-order valence-corrected chi connectivity index (χ1v) is 8.32. The molecule has 2 heterocycles. The van der Waals surface area contributed by atoms with Gasteiger partial charge in [0.15, 0.2) is 5.78 Å². The first-order chi connectivity index (χ1) is 11.5.